The van der Waals surface area contributed by atoms with Crippen molar-refractivity contribution in [3.8, 4) is 5.75 Å². The lowest BCUT2D eigenvalue weighted by Gasteiger charge is -2.17. The molecule has 0 aromatic heterocycles. The molecule has 0 fully saturated rings. The van der Waals surface area contributed by atoms with Gasteiger partial charge >= 0.3 is 0 Å². The maximum atomic E-state index is 12.3. The van der Waals surface area contributed by atoms with Crippen molar-refractivity contribution in [3.05, 3.63) is 57.0 Å². The minimum atomic E-state index is -0.628. The molecule has 0 saturated heterocycles. The van der Waals surface area contributed by atoms with E-state index in [2.05, 4.69) is 21.2 Å². The van der Waals surface area contributed by atoms with Crippen LogP contribution in [-0.4, -0.2) is 12.0 Å². The summed E-state index contributed by atoms with van der Waals surface area (Å²) in [5, 5.41) is 3.53. The number of amides is 1. The first-order valence-corrected chi connectivity index (χ1v) is 8.04. The molecule has 22 heavy (non-hydrogen) atoms. The Morgan fingerprint density at radius 1 is 1.23 bits per heavy atom. The molecule has 2 aromatic rings. The third-order valence-electron chi connectivity index (χ3n) is 3.30. The zero-order chi connectivity index (χ0) is 16.3. The molecule has 0 aliphatic carbocycles. The van der Waals surface area contributed by atoms with Crippen LogP contribution in [0.5, 0.6) is 5.75 Å². The van der Waals surface area contributed by atoms with E-state index in [1.165, 1.54) is 0 Å². The van der Waals surface area contributed by atoms with E-state index in [-0.39, 0.29) is 5.91 Å². The van der Waals surface area contributed by atoms with E-state index < -0.39 is 6.10 Å². The average Bonchev–Trinajstić information content (AvgIpc) is 2.45. The van der Waals surface area contributed by atoms with Crippen molar-refractivity contribution < 1.29 is 9.53 Å². The van der Waals surface area contributed by atoms with Gasteiger partial charge in [-0.15, -0.1) is 0 Å². The first-order valence-electron chi connectivity index (χ1n) is 6.87. The van der Waals surface area contributed by atoms with Crippen LogP contribution in [0, 0.1) is 13.8 Å². The lowest BCUT2D eigenvalue weighted by atomic mass is 10.1. The second-order valence-corrected chi connectivity index (χ2v) is 6.38. The number of rotatable bonds is 4. The van der Waals surface area contributed by atoms with E-state index in [0.29, 0.717) is 15.2 Å². The minimum absolute atomic E-state index is 0.195. The molecule has 1 atom stereocenters. The first kappa shape index (κ1) is 16.8. The Kier molecular flexibility index (Phi) is 5.48. The average molecular weight is 383 g/mol. The molecule has 3 nitrogen and oxygen atoms in total. The van der Waals surface area contributed by atoms with Crippen molar-refractivity contribution in [1.29, 1.82) is 0 Å². The number of halogens is 2. The fourth-order valence-corrected chi connectivity index (χ4v) is 2.83. The summed E-state index contributed by atoms with van der Waals surface area (Å²) < 4.78 is 6.41. The van der Waals surface area contributed by atoms with E-state index in [1.807, 2.05) is 32.0 Å². The van der Waals surface area contributed by atoms with Crippen molar-refractivity contribution in [1.82, 2.24) is 0 Å². The molecule has 5 heteroatoms. The molecule has 0 spiro atoms. The van der Waals surface area contributed by atoms with Crippen LogP contribution < -0.4 is 10.1 Å². The lowest BCUT2D eigenvalue weighted by Crippen LogP contribution is -2.30. The topological polar surface area (TPSA) is 38.3 Å². The highest BCUT2D eigenvalue weighted by molar-refractivity contribution is 9.10. The Morgan fingerprint density at radius 2 is 1.86 bits per heavy atom. The number of aryl methyl sites for hydroxylation is 2. The third-order valence-corrected chi connectivity index (χ3v) is 4.15. The summed E-state index contributed by atoms with van der Waals surface area (Å²) in [5.74, 6) is 0.382. The summed E-state index contributed by atoms with van der Waals surface area (Å²) in [4.78, 5) is 12.3. The van der Waals surface area contributed by atoms with Crippen LogP contribution >= 0.6 is 27.5 Å². The van der Waals surface area contributed by atoms with E-state index >= 15 is 0 Å². The van der Waals surface area contributed by atoms with Crippen LogP contribution in [0.3, 0.4) is 0 Å². The molecular weight excluding hydrogens is 366 g/mol. The van der Waals surface area contributed by atoms with Crippen LogP contribution in [0.4, 0.5) is 5.69 Å². The monoisotopic (exact) mass is 381 g/mol. The number of para-hydroxylation sites is 1. The largest absolute Gasteiger partial charge is 0.480 e. The van der Waals surface area contributed by atoms with E-state index in [1.54, 1.807) is 25.1 Å². The van der Waals surface area contributed by atoms with Gasteiger partial charge in [-0.05, 0) is 66.0 Å². The Hall–Kier alpha value is -1.52. The van der Waals surface area contributed by atoms with Gasteiger partial charge in [-0.1, -0.05) is 29.8 Å². The Bertz CT molecular complexity index is 683. The van der Waals surface area contributed by atoms with Gasteiger partial charge in [0.15, 0.2) is 6.10 Å². The van der Waals surface area contributed by atoms with E-state index in [0.717, 1.165) is 16.8 Å². The molecule has 0 aliphatic rings. The molecule has 1 N–H and O–H groups in total. The highest BCUT2D eigenvalue weighted by Gasteiger charge is 2.17. The number of hydrogen-bond donors (Lipinski definition) is 1. The molecule has 0 aliphatic heterocycles. The van der Waals surface area contributed by atoms with Gasteiger partial charge in [0.05, 0.1) is 4.47 Å². The summed E-state index contributed by atoms with van der Waals surface area (Å²) in [6.45, 7) is 5.64. The van der Waals surface area contributed by atoms with Crippen LogP contribution in [0.2, 0.25) is 5.02 Å². The van der Waals surface area contributed by atoms with Gasteiger partial charge in [0.25, 0.3) is 5.91 Å². The maximum absolute atomic E-state index is 12.3. The molecule has 2 aromatic carbocycles. The lowest BCUT2D eigenvalue weighted by molar-refractivity contribution is -0.122. The predicted octanol–water partition coefficient (Wildman–Crippen LogP) is 5.13. The van der Waals surface area contributed by atoms with Gasteiger partial charge in [-0.25, -0.2) is 0 Å². The highest BCUT2D eigenvalue weighted by Crippen LogP contribution is 2.29. The number of nitrogens with one attached hydrogen (secondary N) is 1. The number of carbonyl (C=O) groups is 1. The second-order valence-electron chi connectivity index (χ2n) is 5.09. The quantitative estimate of drug-likeness (QED) is 0.796. The van der Waals surface area contributed by atoms with Gasteiger partial charge in [0.2, 0.25) is 0 Å². The van der Waals surface area contributed by atoms with E-state index in [4.69, 9.17) is 16.3 Å². The molecule has 0 saturated carbocycles. The number of anilines is 1. The summed E-state index contributed by atoms with van der Waals surface area (Å²) in [5.41, 5.74) is 2.87. The van der Waals surface area contributed by atoms with Gasteiger partial charge < -0.3 is 10.1 Å². The Labute approximate surface area is 143 Å². The van der Waals surface area contributed by atoms with Crippen molar-refractivity contribution in [2.45, 2.75) is 26.9 Å². The molecule has 0 radical (unpaired) electrons. The minimum Gasteiger partial charge on any atom is -0.480 e. The second kappa shape index (κ2) is 7.16. The van der Waals surface area contributed by atoms with Crippen molar-refractivity contribution >= 4 is 39.1 Å². The number of ether oxygens (including phenoxy) is 1. The van der Waals surface area contributed by atoms with Crippen molar-refractivity contribution in [3.63, 3.8) is 0 Å². The molecule has 1 amide bonds. The van der Waals surface area contributed by atoms with Crippen LogP contribution in [-0.2, 0) is 4.79 Å². The van der Waals surface area contributed by atoms with Gasteiger partial charge in [-0.3, -0.25) is 4.79 Å². The number of benzene rings is 2. The fourth-order valence-electron chi connectivity index (χ4n) is 2.05. The van der Waals surface area contributed by atoms with Crippen LogP contribution in [0.25, 0.3) is 0 Å². The zero-order valence-corrected chi connectivity index (χ0v) is 15.0. The van der Waals surface area contributed by atoms with Crippen molar-refractivity contribution in [2.75, 3.05) is 5.32 Å². The summed E-state index contributed by atoms with van der Waals surface area (Å²) in [6.07, 6.45) is -0.628. The Balaban J connectivity index is 2.09. The summed E-state index contributed by atoms with van der Waals surface area (Å²) in [7, 11) is 0. The smallest absolute Gasteiger partial charge is 0.265 e. The SMILES string of the molecule is Cc1cccc(C)c1NC(=O)C(C)Oc1ccc(Cl)cc1Br. The van der Waals surface area contributed by atoms with Gasteiger partial charge in [0.1, 0.15) is 5.75 Å². The predicted molar refractivity (Wildman–Crippen MR) is 93.8 cm³/mol. The zero-order valence-electron chi connectivity index (χ0n) is 12.6. The molecule has 0 bridgehead atoms. The summed E-state index contributed by atoms with van der Waals surface area (Å²) in [6, 6.07) is 11.1. The summed E-state index contributed by atoms with van der Waals surface area (Å²) >= 11 is 9.27. The van der Waals surface area contributed by atoms with Crippen LogP contribution in [0.1, 0.15) is 18.1 Å². The first-order chi connectivity index (χ1) is 10.4. The third kappa shape index (κ3) is 4.02. The van der Waals surface area contributed by atoms with Gasteiger partial charge in [0, 0.05) is 10.7 Å². The van der Waals surface area contributed by atoms with Crippen LogP contribution in [0.15, 0.2) is 40.9 Å². The Morgan fingerprint density at radius 3 is 2.45 bits per heavy atom. The molecule has 1 unspecified atom stereocenters. The van der Waals surface area contributed by atoms with Gasteiger partial charge in [-0.2, -0.15) is 0 Å². The fraction of sp³-hybridized carbons (Fsp3) is 0.235. The normalized spacial score (nSPS) is 11.9. The van der Waals surface area contributed by atoms with E-state index in [9.17, 15) is 4.79 Å². The van der Waals surface area contributed by atoms with Crippen molar-refractivity contribution in [2.24, 2.45) is 0 Å². The molecular formula is C17H17BrClNO2. The molecule has 116 valence electrons. The highest BCUT2D eigenvalue weighted by atomic mass is 79.9. The molecule has 0 heterocycles. The standard InChI is InChI=1S/C17H17BrClNO2/c1-10-5-4-6-11(2)16(10)20-17(21)12(3)22-15-8-7-13(19)9-14(15)18/h4-9,12H,1-3H3,(H,20,21). The maximum Gasteiger partial charge on any atom is 0.265 e. The number of hydrogen-bond acceptors (Lipinski definition) is 2. The molecule has 2 rings (SSSR count). The number of carbonyl (C=O) groups excluding carboxylic acids is 1.